The molecule has 3 nitrogen and oxygen atoms in total. The Labute approximate surface area is 150 Å². The van der Waals surface area contributed by atoms with Gasteiger partial charge in [0.15, 0.2) is 0 Å². The van der Waals surface area contributed by atoms with E-state index < -0.39 is 5.60 Å². The number of benzene rings is 2. The first-order valence-corrected chi connectivity index (χ1v) is 9.42. The maximum atomic E-state index is 11.8. The van der Waals surface area contributed by atoms with E-state index in [0.29, 0.717) is 0 Å². The zero-order chi connectivity index (χ0) is 17.5. The van der Waals surface area contributed by atoms with E-state index in [1.54, 1.807) is 0 Å². The quantitative estimate of drug-likeness (QED) is 0.760. The summed E-state index contributed by atoms with van der Waals surface area (Å²) in [6, 6.07) is 20.2. The van der Waals surface area contributed by atoms with Crippen molar-refractivity contribution in [2.24, 2.45) is 5.92 Å². The Morgan fingerprint density at radius 1 is 0.840 bits per heavy atom. The molecule has 0 aromatic heterocycles. The third-order valence-electron chi connectivity index (χ3n) is 5.49. The van der Waals surface area contributed by atoms with E-state index in [-0.39, 0.29) is 12.5 Å². The Balaban J connectivity index is 1.78. The van der Waals surface area contributed by atoms with Gasteiger partial charge in [-0.1, -0.05) is 60.7 Å². The van der Waals surface area contributed by atoms with Crippen molar-refractivity contribution >= 4 is 0 Å². The minimum absolute atomic E-state index is 0.214. The van der Waals surface area contributed by atoms with Gasteiger partial charge in [-0.05, 0) is 62.4 Å². The van der Waals surface area contributed by atoms with Crippen LogP contribution < -0.4 is 0 Å². The fourth-order valence-corrected chi connectivity index (χ4v) is 4.04. The minimum atomic E-state index is -0.931. The first kappa shape index (κ1) is 18.1. The summed E-state index contributed by atoms with van der Waals surface area (Å²) in [6.07, 6.45) is 3.89. The third-order valence-corrected chi connectivity index (χ3v) is 5.49. The van der Waals surface area contributed by atoms with Gasteiger partial charge >= 0.3 is 0 Å². The van der Waals surface area contributed by atoms with Crippen molar-refractivity contribution in [3.05, 3.63) is 71.8 Å². The second-order valence-corrected chi connectivity index (χ2v) is 7.05. The highest BCUT2D eigenvalue weighted by Gasteiger charge is 2.41. The molecule has 2 aromatic rings. The average molecular weight is 339 g/mol. The number of unbranched alkanes of at least 4 members (excludes halogenated alkanes) is 1. The number of aliphatic hydroxyl groups is 2. The second kappa shape index (κ2) is 8.61. The van der Waals surface area contributed by atoms with Gasteiger partial charge in [-0.25, -0.2) is 0 Å². The molecular weight excluding hydrogens is 310 g/mol. The zero-order valence-corrected chi connectivity index (χ0v) is 14.8. The van der Waals surface area contributed by atoms with Crippen LogP contribution in [0.3, 0.4) is 0 Å². The molecule has 1 aliphatic rings. The molecule has 3 heteroatoms. The summed E-state index contributed by atoms with van der Waals surface area (Å²) in [6.45, 7) is 3.34. The van der Waals surface area contributed by atoms with Crippen LogP contribution in [0.2, 0.25) is 0 Å². The molecule has 0 atom stereocenters. The van der Waals surface area contributed by atoms with E-state index in [0.717, 1.165) is 56.4 Å². The Morgan fingerprint density at radius 3 is 1.84 bits per heavy atom. The van der Waals surface area contributed by atoms with Gasteiger partial charge < -0.3 is 15.1 Å². The van der Waals surface area contributed by atoms with Gasteiger partial charge in [-0.15, -0.1) is 0 Å². The van der Waals surface area contributed by atoms with E-state index in [1.807, 2.05) is 60.7 Å². The van der Waals surface area contributed by atoms with Gasteiger partial charge in [0, 0.05) is 6.61 Å². The standard InChI is InChI=1S/C22H29NO2/c24-18-8-7-15-23-16-13-21(14-17-23)22(25,19-9-3-1-4-10-19)20-11-5-2-6-12-20/h1-6,9-12,21,24-25H,7-8,13-18H2. The molecule has 1 saturated heterocycles. The van der Waals surface area contributed by atoms with E-state index in [1.165, 1.54) is 0 Å². The molecule has 0 aliphatic carbocycles. The SMILES string of the molecule is OCCCCN1CCC(C(O)(c2ccccc2)c2ccccc2)CC1. The van der Waals surface area contributed by atoms with Crippen molar-refractivity contribution in [2.45, 2.75) is 31.3 Å². The van der Waals surface area contributed by atoms with Crippen LogP contribution in [0.4, 0.5) is 0 Å². The highest BCUT2D eigenvalue weighted by Crippen LogP contribution is 2.41. The number of rotatable bonds is 7. The molecule has 0 radical (unpaired) electrons. The van der Waals surface area contributed by atoms with E-state index >= 15 is 0 Å². The summed E-state index contributed by atoms with van der Waals surface area (Å²) in [5, 5.41) is 20.8. The van der Waals surface area contributed by atoms with Crippen LogP contribution in [0.15, 0.2) is 60.7 Å². The lowest BCUT2D eigenvalue weighted by atomic mass is 9.72. The van der Waals surface area contributed by atoms with Crippen LogP contribution in [0.25, 0.3) is 0 Å². The van der Waals surface area contributed by atoms with Gasteiger partial charge in [0.25, 0.3) is 0 Å². The van der Waals surface area contributed by atoms with Crippen molar-refractivity contribution in [2.75, 3.05) is 26.2 Å². The summed E-state index contributed by atoms with van der Waals surface area (Å²) in [5.41, 5.74) is 1.04. The average Bonchev–Trinajstić information content (AvgIpc) is 2.69. The lowest BCUT2D eigenvalue weighted by molar-refractivity contribution is -0.0144. The van der Waals surface area contributed by atoms with Gasteiger partial charge in [0.05, 0.1) is 0 Å². The molecule has 1 aliphatic heterocycles. The predicted octanol–water partition coefficient (Wildman–Crippen LogP) is 3.41. The number of likely N-dealkylation sites (tertiary alicyclic amines) is 1. The van der Waals surface area contributed by atoms with Crippen LogP contribution in [-0.4, -0.2) is 41.4 Å². The largest absolute Gasteiger partial charge is 0.396 e. The van der Waals surface area contributed by atoms with E-state index in [4.69, 9.17) is 5.11 Å². The summed E-state index contributed by atoms with van der Waals surface area (Å²) >= 11 is 0. The zero-order valence-electron chi connectivity index (χ0n) is 14.8. The van der Waals surface area contributed by atoms with Gasteiger partial charge in [-0.3, -0.25) is 0 Å². The highest BCUT2D eigenvalue weighted by molar-refractivity contribution is 5.37. The van der Waals surface area contributed by atoms with Crippen LogP contribution in [-0.2, 0) is 5.60 Å². The molecule has 25 heavy (non-hydrogen) atoms. The van der Waals surface area contributed by atoms with Crippen molar-refractivity contribution in [1.82, 2.24) is 4.90 Å². The Bertz CT molecular complexity index is 581. The van der Waals surface area contributed by atoms with Crippen molar-refractivity contribution < 1.29 is 10.2 Å². The molecule has 0 spiro atoms. The van der Waals surface area contributed by atoms with Gasteiger partial charge in [0.2, 0.25) is 0 Å². The molecule has 0 amide bonds. The smallest absolute Gasteiger partial charge is 0.117 e. The fourth-order valence-electron chi connectivity index (χ4n) is 4.04. The normalized spacial score (nSPS) is 16.9. The number of nitrogens with zero attached hydrogens (tertiary/aromatic N) is 1. The van der Waals surface area contributed by atoms with Crippen LogP contribution in [0.5, 0.6) is 0 Å². The van der Waals surface area contributed by atoms with Crippen LogP contribution >= 0.6 is 0 Å². The lowest BCUT2D eigenvalue weighted by Crippen LogP contribution is -2.44. The Morgan fingerprint density at radius 2 is 1.36 bits per heavy atom. The Kier molecular flexibility index (Phi) is 6.24. The maximum Gasteiger partial charge on any atom is 0.117 e. The first-order valence-electron chi connectivity index (χ1n) is 9.42. The van der Waals surface area contributed by atoms with Crippen LogP contribution in [0, 0.1) is 5.92 Å². The van der Waals surface area contributed by atoms with Crippen molar-refractivity contribution in [3.63, 3.8) is 0 Å². The van der Waals surface area contributed by atoms with Gasteiger partial charge in [0.1, 0.15) is 5.60 Å². The molecule has 1 heterocycles. The number of piperidine rings is 1. The molecule has 0 bridgehead atoms. The molecule has 0 unspecified atom stereocenters. The molecule has 3 rings (SSSR count). The molecule has 2 aromatic carbocycles. The number of hydrogen-bond acceptors (Lipinski definition) is 3. The van der Waals surface area contributed by atoms with Crippen LogP contribution in [0.1, 0.15) is 36.8 Å². The highest BCUT2D eigenvalue weighted by atomic mass is 16.3. The molecule has 1 fully saturated rings. The van der Waals surface area contributed by atoms with Crippen molar-refractivity contribution in [3.8, 4) is 0 Å². The van der Waals surface area contributed by atoms with E-state index in [2.05, 4.69) is 4.90 Å². The monoisotopic (exact) mass is 339 g/mol. The Hall–Kier alpha value is -1.68. The molecular formula is C22H29NO2. The summed E-state index contributed by atoms with van der Waals surface area (Å²) in [4.78, 5) is 2.46. The fraction of sp³-hybridized carbons (Fsp3) is 0.455. The number of aliphatic hydroxyl groups excluding tert-OH is 1. The lowest BCUT2D eigenvalue weighted by Gasteiger charge is -2.42. The second-order valence-electron chi connectivity index (χ2n) is 7.05. The molecule has 134 valence electrons. The van der Waals surface area contributed by atoms with Gasteiger partial charge in [-0.2, -0.15) is 0 Å². The minimum Gasteiger partial charge on any atom is -0.396 e. The molecule has 2 N–H and O–H groups in total. The predicted molar refractivity (Wildman–Crippen MR) is 101 cm³/mol. The molecule has 0 saturated carbocycles. The van der Waals surface area contributed by atoms with E-state index in [9.17, 15) is 5.11 Å². The number of hydrogen-bond donors (Lipinski definition) is 2. The maximum absolute atomic E-state index is 11.8. The summed E-state index contributed by atoms with van der Waals surface area (Å²) in [7, 11) is 0. The van der Waals surface area contributed by atoms with Crippen molar-refractivity contribution in [1.29, 1.82) is 0 Å². The third kappa shape index (κ3) is 4.12. The summed E-state index contributed by atoms with van der Waals surface area (Å²) in [5.74, 6) is 0.214. The first-order chi connectivity index (χ1) is 12.2. The summed E-state index contributed by atoms with van der Waals surface area (Å²) < 4.78 is 0. The topological polar surface area (TPSA) is 43.7 Å².